The molecule has 1 aromatic carbocycles. The van der Waals surface area contributed by atoms with E-state index in [2.05, 4.69) is 10.3 Å². The fourth-order valence-electron chi connectivity index (χ4n) is 3.51. The highest BCUT2D eigenvalue weighted by Crippen LogP contribution is 2.32. The van der Waals surface area contributed by atoms with Gasteiger partial charge in [-0.3, -0.25) is 9.78 Å². The number of amides is 1. The number of nitrogens with one attached hydrogen (secondary N) is 1. The van der Waals surface area contributed by atoms with Crippen LogP contribution in [0.2, 0.25) is 5.02 Å². The van der Waals surface area contributed by atoms with Crippen molar-refractivity contribution in [3.05, 3.63) is 52.8 Å². The molecule has 0 radical (unpaired) electrons. The first-order valence-electron chi connectivity index (χ1n) is 9.11. The number of carbonyl (C=O) groups excluding carboxylic acids is 1. The molecule has 1 amide bonds. The van der Waals surface area contributed by atoms with Crippen molar-refractivity contribution >= 4 is 28.9 Å². The summed E-state index contributed by atoms with van der Waals surface area (Å²) in [7, 11) is 0. The maximum absolute atomic E-state index is 12.9. The van der Waals surface area contributed by atoms with Crippen LogP contribution in [-0.4, -0.2) is 47.9 Å². The van der Waals surface area contributed by atoms with E-state index in [1.54, 1.807) is 12.3 Å². The number of hydrogen-bond acceptors (Lipinski definition) is 5. The maximum Gasteiger partial charge on any atom is 0.272 e. The van der Waals surface area contributed by atoms with Crippen LogP contribution in [0.25, 0.3) is 0 Å². The van der Waals surface area contributed by atoms with Crippen molar-refractivity contribution in [2.24, 2.45) is 0 Å². The molecule has 27 heavy (non-hydrogen) atoms. The Hall–Kier alpha value is -2.15. The molecular weight excluding hydrogens is 366 g/mol. The van der Waals surface area contributed by atoms with E-state index in [4.69, 9.17) is 21.1 Å². The Balaban J connectivity index is 1.46. The summed E-state index contributed by atoms with van der Waals surface area (Å²) in [5.74, 6) is -0.563. The number of piperidine rings is 1. The first kappa shape index (κ1) is 18.2. The summed E-state index contributed by atoms with van der Waals surface area (Å²) in [4.78, 5) is 18.9. The number of carbonyl (C=O) groups is 1. The third kappa shape index (κ3) is 3.93. The SMILES string of the molecule is Cc1ccc(Cl)cc1Nc1ccnc(C(=O)N2CCC3(CC2)OCCO3)c1. The molecule has 1 aromatic heterocycles. The summed E-state index contributed by atoms with van der Waals surface area (Å²) in [6.45, 7) is 4.47. The van der Waals surface area contributed by atoms with Crippen LogP contribution in [0.15, 0.2) is 36.5 Å². The third-order valence-corrected chi connectivity index (χ3v) is 5.32. The molecule has 0 saturated carbocycles. The lowest BCUT2D eigenvalue weighted by molar-refractivity contribution is -0.181. The van der Waals surface area contributed by atoms with Gasteiger partial charge in [-0.1, -0.05) is 17.7 Å². The summed E-state index contributed by atoms with van der Waals surface area (Å²) < 4.78 is 11.4. The third-order valence-electron chi connectivity index (χ3n) is 5.08. The molecule has 0 atom stereocenters. The quantitative estimate of drug-likeness (QED) is 0.868. The normalized spacial score (nSPS) is 18.7. The van der Waals surface area contributed by atoms with E-state index in [-0.39, 0.29) is 5.91 Å². The number of halogens is 1. The molecule has 2 aliphatic heterocycles. The Morgan fingerprint density at radius 2 is 1.93 bits per heavy atom. The van der Waals surface area contributed by atoms with Crippen molar-refractivity contribution in [3.63, 3.8) is 0 Å². The summed E-state index contributed by atoms with van der Waals surface area (Å²) in [6.07, 6.45) is 3.03. The zero-order chi connectivity index (χ0) is 18.9. The van der Waals surface area contributed by atoms with Gasteiger partial charge in [0.1, 0.15) is 5.69 Å². The van der Waals surface area contributed by atoms with Gasteiger partial charge in [-0.25, -0.2) is 0 Å². The minimum atomic E-state index is -0.488. The molecule has 0 aliphatic carbocycles. The predicted octanol–water partition coefficient (Wildman–Crippen LogP) is 3.77. The topological polar surface area (TPSA) is 63.7 Å². The lowest BCUT2D eigenvalue weighted by Gasteiger charge is -2.37. The molecule has 1 spiro atoms. The van der Waals surface area contributed by atoms with Gasteiger partial charge in [-0.05, 0) is 36.8 Å². The molecule has 0 bridgehead atoms. The monoisotopic (exact) mass is 387 g/mol. The molecule has 6 nitrogen and oxygen atoms in total. The fraction of sp³-hybridized carbons (Fsp3) is 0.400. The first-order valence-corrected chi connectivity index (χ1v) is 9.49. The van der Waals surface area contributed by atoms with Crippen molar-refractivity contribution in [2.45, 2.75) is 25.6 Å². The summed E-state index contributed by atoms with van der Waals surface area (Å²) in [6, 6.07) is 9.28. The Labute approximate surface area is 163 Å². The van der Waals surface area contributed by atoms with Crippen molar-refractivity contribution in [1.29, 1.82) is 0 Å². The van der Waals surface area contributed by atoms with Gasteiger partial charge in [0.25, 0.3) is 5.91 Å². The second-order valence-corrected chi connectivity index (χ2v) is 7.35. The van der Waals surface area contributed by atoms with Gasteiger partial charge in [0.05, 0.1) is 13.2 Å². The number of benzene rings is 1. The van der Waals surface area contributed by atoms with Crippen LogP contribution >= 0.6 is 11.6 Å². The maximum atomic E-state index is 12.9. The summed E-state index contributed by atoms with van der Waals surface area (Å²) >= 11 is 6.08. The number of pyridine rings is 1. The van der Waals surface area contributed by atoms with Crippen LogP contribution in [0.4, 0.5) is 11.4 Å². The highest BCUT2D eigenvalue weighted by atomic mass is 35.5. The van der Waals surface area contributed by atoms with E-state index >= 15 is 0 Å². The number of anilines is 2. The minimum Gasteiger partial charge on any atom is -0.355 e. The molecule has 0 unspecified atom stereocenters. The van der Waals surface area contributed by atoms with Crippen molar-refractivity contribution in [2.75, 3.05) is 31.6 Å². The van der Waals surface area contributed by atoms with Crippen LogP contribution in [-0.2, 0) is 9.47 Å². The molecule has 2 aliphatic rings. The Kier molecular flexibility index (Phi) is 5.04. The molecule has 3 heterocycles. The average molecular weight is 388 g/mol. The molecule has 2 saturated heterocycles. The largest absolute Gasteiger partial charge is 0.355 e. The smallest absolute Gasteiger partial charge is 0.272 e. The zero-order valence-corrected chi connectivity index (χ0v) is 16.0. The number of rotatable bonds is 3. The van der Waals surface area contributed by atoms with E-state index < -0.39 is 5.79 Å². The Morgan fingerprint density at radius 3 is 2.67 bits per heavy atom. The molecule has 4 rings (SSSR count). The number of aromatic nitrogens is 1. The van der Waals surface area contributed by atoms with Gasteiger partial charge in [-0.15, -0.1) is 0 Å². The summed E-state index contributed by atoms with van der Waals surface area (Å²) in [5, 5.41) is 3.97. The summed E-state index contributed by atoms with van der Waals surface area (Å²) in [5.41, 5.74) is 3.20. The Bertz CT molecular complexity index is 842. The second kappa shape index (κ2) is 7.46. The first-order chi connectivity index (χ1) is 13.0. The highest BCUT2D eigenvalue weighted by molar-refractivity contribution is 6.30. The molecule has 7 heteroatoms. The highest BCUT2D eigenvalue weighted by Gasteiger charge is 2.41. The molecule has 1 N–H and O–H groups in total. The number of likely N-dealkylation sites (tertiary alicyclic amines) is 1. The Morgan fingerprint density at radius 1 is 1.19 bits per heavy atom. The molecule has 142 valence electrons. The van der Waals surface area contributed by atoms with E-state index in [0.717, 1.165) is 16.9 Å². The molecular formula is C20H22ClN3O3. The number of nitrogens with zero attached hydrogens (tertiary/aromatic N) is 2. The number of aryl methyl sites for hydroxylation is 1. The molecule has 2 aromatic rings. The number of ether oxygens (including phenoxy) is 2. The van der Waals surface area contributed by atoms with Crippen molar-refractivity contribution in [1.82, 2.24) is 9.88 Å². The van der Waals surface area contributed by atoms with E-state index in [9.17, 15) is 4.79 Å². The zero-order valence-electron chi connectivity index (χ0n) is 15.2. The van der Waals surface area contributed by atoms with Gasteiger partial charge >= 0.3 is 0 Å². The van der Waals surface area contributed by atoms with Gasteiger partial charge < -0.3 is 19.7 Å². The van der Waals surface area contributed by atoms with Crippen LogP contribution in [0.1, 0.15) is 28.9 Å². The fourth-order valence-corrected chi connectivity index (χ4v) is 3.68. The minimum absolute atomic E-state index is 0.0747. The van der Waals surface area contributed by atoms with Crippen molar-refractivity contribution < 1.29 is 14.3 Å². The van der Waals surface area contributed by atoms with Crippen LogP contribution in [0, 0.1) is 6.92 Å². The lowest BCUT2D eigenvalue weighted by Crippen LogP contribution is -2.47. The van der Waals surface area contributed by atoms with Crippen molar-refractivity contribution in [3.8, 4) is 0 Å². The van der Waals surface area contributed by atoms with Crippen LogP contribution in [0.5, 0.6) is 0 Å². The van der Waals surface area contributed by atoms with Gasteiger partial charge in [0.15, 0.2) is 5.79 Å². The second-order valence-electron chi connectivity index (χ2n) is 6.91. The van der Waals surface area contributed by atoms with E-state index in [1.807, 2.05) is 36.1 Å². The lowest BCUT2D eigenvalue weighted by atomic mass is 10.0. The van der Waals surface area contributed by atoms with E-state index in [0.29, 0.717) is 49.9 Å². The van der Waals surface area contributed by atoms with E-state index in [1.165, 1.54) is 0 Å². The predicted molar refractivity (Wildman–Crippen MR) is 103 cm³/mol. The standard InChI is InChI=1S/C20H22ClN3O3/c1-14-2-3-15(21)12-17(14)23-16-4-7-22-18(13-16)19(25)24-8-5-20(6-9-24)26-10-11-27-20/h2-4,7,12-13H,5-6,8-11H2,1H3,(H,22,23). The van der Waals surface area contributed by atoms with Crippen LogP contribution in [0.3, 0.4) is 0 Å². The van der Waals surface area contributed by atoms with Gasteiger partial charge in [-0.2, -0.15) is 0 Å². The average Bonchev–Trinajstić information content (AvgIpc) is 3.13. The number of hydrogen-bond donors (Lipinski definition) is 1. The van der Waals surface area contributed by atoms with Gasteiger partial charge in [0.2, 0.25) is 0 Å². The van der Waals surface area contributed by atoms with Gasteiger partial charge in [0, 0.05) is 48.5 Å². The van der Waals surface area contributed by atoms with Crippen LogP contribution < -0.4 is 5.32 Å². The molecule has 2 fully saturated rings.